The normalized spacial score (nSPS) is 16.7. The molecule has 0 radical (unpaired) electrons. The van der Waals surface area contributed by atoms with Crippen LogP contribution in [0.2, 0.25) is 0 Å². The highest BCUT2D eigenvalue weighted by Gasteiger charge is 2.35. The molecule has 0 bridgehead atoms. The van der Waals surface area contributed by atoms with Crippen LogP contribution in [0.15, 0.2) is 53.0 Å². The molecule has 1 aliphatic rings. The van der Waals surface area contributed by atoms with Crippen LogP contribution in [-0.4, -0.2) is 32.7 Å². The highest BCUT2D eigenvalue weighted by molar-refractivity contribution is 9.10. The first kappa shape index (κ1) is 17.8. The minimum absolute atomic E-state index is 0.0532. The molecule has 0 fully saturated rings. The molecule has 0 aliphatic carbocycles. The Kier molecular flexibility index (Phi) is 5.01. The first-order chi connectivity index (χ1) is 11.9. The molecule has 8 heteroatoms. The number of hydrogen-bond acceptors (Lipinski definition) is 4. The molecule has 1 N–H and O–H groups in total. The van der Waals surface area contributed by atoms with Crippen LogP contribution in [0.4, 0.5) is 11.4 Å². The Bertz CT molecular complexity index is 884. The van der Waals surface area contributed by atoms with E-state index >= 15 is 0 Å². The van der Waals surface area contributed by atoms with Gasteiger partial charge in [0.05, 0.1) is 18.0 Å². The first-order valence-electron chi connectivity index (χ1n) is 7.73. The van der Waals surface area contributed by atoms with Gasteiger partial charge in [-0.05, 0) is 43.3 Å². The van der Waals surface area contributed by atoms with E-state index < -0.39 is 22.0 Å². The van der Waals surface area contributed by atoms with E-state index in [4.69, 9.17) is 4.74 Å². The molecular weight excluding hydrogens is 408 g/mol. The summed E-state index contributed by atoms with van der Waals surface area (Å²) in [7, 11) is -3.51. The smallest absolute Gasteiger partial charge is 0.267 e. The summed E-state index contributed by atoms with van der Waals surface area (Å²) >= 11 is 3.33. The Morgan fingerprint density at radius 3 is 2.60 bits per heavy atom. The summed E-state index contributed by atoms with van der Waals surface area (Å²) in [4.78, 5) is 12.6. The van der Waals surface area contributed by atoms with Crippen molar-refractivity contribution in [3.63, 3.8) is 0 Å². The van der Waals surface area contributed by atoms with Crippen LogP contribution in [-0.2, 0) is 14.8 Å². The Hall–Kier alpha value is -2.06. The summed E-state index contributed by atoms with van der Waals surface area (Å²) in [5.74, 6) is -0.0718. The van der Waals surface area contributed by atoms with E-state index in [-0.39, 0.29) is 12.3 Å². The molecule has 0 unspecified atom stereocenters. The number of anilines is 2. The number of nitrogens with one attached hydrogen (secondary N) is 1. The van der Waals surface area contributed by atoms with Crippen molar-refractivity contribution < 1.29 is 17.9 Å². The minimum atomic E-state index is -3.51. The number of ether oxygens (including phenoxy) is 1. The Balaban J connectivity index is 1.86. The van der Waals surface area contributed by atoms with Gasteiger partial charge in [0, 0.05) is 10.2 Å². The highest BCUT2D eigenvalue weighted by Crippen LogP contribution is 2.35. The average Bonchev–Trinajstić information content (AvgIpc) is 2.62. The summed E-state index contributed by atoms with van der Waals surface area (Å²) < 4.78 is 32.7. The number of hydrogen-bond donors (Lipinski definition) is 1. The van der Waals surface area contributed by atoms with E-state index in [1.165, 1.54) is 4.31 Å². The number of benzene rings is 2. The molecule has 1 heterocycles. The summed E-state index contributed by atoms with van der Waals surface area (Å²) in [5, 5.41) is 2.75. The van der Waals surface area contributed by atoms with E-state index in [1.807, 2.05) is 0 Å². The van der Waals surface area contributed by atoms with E-state index in [2.05, 4.69) is 21.2 Å². The fourth-order valence-corrected chi connectivity index (χ4v) is 3.90. The van der Waals surface area contributed by atoms with Gasteiger partial charge in [-0.15, -0.1) is 0 Å². The number of nitrogens with zero attached hydrogens (tertiary/aromatic N) is 1. The second kappa shape index (κ2) is 7.05. The van der Waals surface area contributed by atoms with Gasteiger partial charge in [0.25, 0.3) is 5.91 Å². The van der Waals surface area contributed by atoms with Gasteiger partial charge in [-0.3, -0.25) is 9.10 Å². The van der Waals surface area contributed by atoms with Gasteiger partial charge in [-0.1, -0.05) is 28.1 Å². The number of carbonyl (C=O) groups is 1. The van der Waals surface area contributed by atoms with Crippen LogP contribution in [0.1, 0.15) is 6.92 Å². The lowest BCUT2D eigenvalue weighted by Crippen LogP contribution is -2.49. The molecule has 0 saturated carbocycles. The van der Waals surface area contributed by atoms with E-state index in [0.29, 0.717) is 17.1 Å². The summed E-state index contributed by atoms with van der Waals surface area (Å²) in [5.41, 5.74) is 1.07. The monoisotopic (exact) mass is 424 g/mol. The molecule has 2 aromatic rings. The molecule has 1 amide bonds. The Morgan fingerprint density at radius 1 is 1.24 bits per heavy atom. The van der Waals surface area contributed by atoms with Crippen molar-refractivity contribution in [1.29, 1.82) is 0 Å². The zero-order chi connectivity index (χ0) is 18.0. The first-order valence-corrected chi connectivity index (χ1v) is 10.1. The van der Waals surface area contributed by atoms with Crippen LogP contribution in [0.5, 0.6) is 5.75 Å². The van der Waals surface area contributed by atoms with Gasteiger partial charge >= 0.3 is 0 Å². The van der Waals surface area contributed by atoms with Crippen molar-refractivity contribution in [2.75, 3.05) is 21.9 Å². The Labute approximate surface area is 155 Å². The quantitative estimate of drug-likeness (QED) is 0.818. The number of carbonyl (C=O) groups excluding carboxylic acids is 1. The van der Waals surface area contributed by atoms with Gasteiger partial charge < -0.3 is 10.1 Å². The molecule has 2 aromatic carbocycles. The van der Waals surface area contributed by atoms with Gasteiger partial charge in [0.1, 0.15) is 5.75 Å². The number of para-hydroxylation sites is 2. The SMILES string of the molecule is CCS(=O)(=O)N1C[C@H](C(=O)Nc2ccc(Br)cc2)Oc2ccccc21. The van der Waals surface area contributed by atoms with E-state index in [1.54, 1.807) is 55.5 Å². The van der Waals surface area contributed by atoms with Gasteiger partial charge in [-0.25, -0.2) is 8.42 Å². The molecular formula is C17H17BrN2O4S. The van der Waals surface area contributed by atoms with Crippen molar-refractivity contribution in [2.45, 2.75) is 13.0 Å². The number of rotatable bonds is 4. The van der Waals surface area contributed by atoms with Crippen molar-refractivity contribution in [3.8, 4) is 5.75 Å². The van der Waals surface area contributed by atoms with Crippen molar-refractivity contribution in [1.82, 2.24) is 0 Å². The molecule has 0 spiro atoms. The number of sulfonamides is 1. The predicted octanol–water partition coefficient (Wildman–Crippen LogP) is 3.00. The van der Waals surface area contributed by atoms with Crippen LogP contribution in [0.3, 0.4) is 0 Å². The van der Waals surface area contributed by atoms with Crippen LogP contribution in [0, 0.1) is 0 Å². The van der Waals surface area contributed by atoms with Crippen molar-refractivity contribution in [3.05, 3.63) is 53.0 Å². The largest absolute Gasteiger partial charge is 0.476 e. The average molecular weight is 425 g/mol. The van der Waals surface area contributed by atoms with Crippen molar-refractivity contribution >= 4 is 43.2 Å². The maximum Gasteiger partial charge on any atom is 0.267 e. The molecule has 0 aromatic heterocycles. The van der Waals surface area contributed by atoms with Crippen molar-refractivity contribution in [2.24, 2.45) is 0 Å². The van der Waals surface area contributed by atoms with Gasteiger partial charge in [-0.2, -0.15) is 0 Å². The second-order valence-corrected chi connectivity index (χ2v) is 8.60. The van der Waals surface area contributed by atoms with Gasteiger partial charge in [0.15, 0.2) is 6.10 Å². The summed E-state index contributed by atoms with van der Waals surface area (Å²) in [6.07, 6.45) is -0.931. The fraction of sp³-hybridized carbons (Fsp3) is 0.235. The van der Waals surface area contributed by atoms with Crippen LogP contribution >= 0.6 is 15.9 Å². The Morgan fingerprint density at radius 2 is 1.92 bits per heavy atom. The molecule has 1 atom stereocenters. The maximum atomic E-state index is 12.6. The van der Waals surface area contributed by atoms with Crippen LogP contribution in [0.25, 0.3) is 0 Å². The van der Waals surface area contributed by atoms with E-state index in [9.17, 15) is 13.2 Å². The summed E-state index contributed by atoms with van der Waals surface area (Å²) in [6.45, 7) is 1.51. The third kappa shape index (κ3) is 3.80. The number of amides is 1. The molecule has 132 valence electrons. The third-order valence-electron chi connectivity index (χ3n) is 3.84. The number of fused-ring (bicyclic) bond motifs is 1. The fourth-order valence-electron chi connectivity index (χ4n) is 2.51. The zero-order valence-electron chi connectivity index (χ0n) is 13.5. The highest BCUT2D eigenvalue weighted by atomic mass is 79.9. The lowest BCUT2D eigenvalue weighted by molar-refractivity contribution is -0.122. The molecule has 3 rings (SSSR count). The van der Waals surface area contributed by atoms with Crippen LogP contribution < -0.4 is 14.4 Å². The third-order valence-corrected chi connectivity index (χ3v) is 6.12. The molecule has 1 aliphatic heterocycles. The second-order valence-electron chi connectivity index (χ2n) is 5.50. The lowest BCUT2D eigenvalue weighted by atomic mass is 10.2. The zero-order valence-corrected chi connectivity index (χ0v) is 15.9. The minimum Gasteiger partial charge on any atom is -0.476 e. The predicted molar refractivity (Wildman–Crippen MR) is 100 cm³/mol. The molecule has 6 nitrogen and oxygen atoms in total. The number of halogens is 1. The standard InChI is InChI=1S/C17H17BrN2O4S/c1-2-25(22,23)20-11-16(24-15-6-4-3-5-14(15)20)17(21)19-13-9-7-12(18)8-10-13/h3-10,16H,2,11H2,1H3,(H,19,21)/t16-/m1/s1. The molecule has 25 heavy (non-hydrogen) atoms. The summed E-state index contributed by atoms with van der Waals surface area (Å²) in [6, 6.07) is 13.9. The van der Waals surface area contributed by atoms with Gasteiger partial charge in [0.2, 0.25) is 10.0 Å². The molecule has 0 saturated heterocycles. The maximum absolute atomic E-state index is 12.6. The lowest BCUT2D eigenvalue weighted by Gasteiger charge is -2.34. The topological polar surface area (TPSA) is 75.7 Å². The van der Waals surface area contributed by atoms with E-state index in [0.717, 1.165) is 4.47 Å².